The Morgan fingerprint density at radius 1 is 0.927 bits per heavy atom. The molecule has 0 bridgehead atoms. The number of cyclic esters (lactones) is 1. The van der Waals surface area contributed by atoms with Gasteiger partial charge in [0.2, 0.25) is 6.79 Å². The van der Waals surface area contributed by atoms with E-state index in [4.69, 9.17) is 33.3 Å². The minimum atomic E-state index is -1.20. The number of nitrogens with zero attached hydrogens (tertiary/aromatic N) is 1. The van der Waals surface area contributed by atoms with Gasteiger partial charge in [0, 0.05) is 20.6 Å². The summed E-state index contributed by atoms with van der Waals surface area (Å²) in [5.74, 6) is 0.635. The topological polar surface area (TPSA) is 114 Å². The Labute approximate surface area is 247 Å². The van der Waals surface area contributed by atoms with Crippen LogP contribution in [0, 0.1) is 29.6 Å². The zero-order chi connectivity index (χ0) is 30.8. The van der Waals surface area contributed by atoms with Crippen molar-refractivity contribution in [2.24, 2.45) is 34.7 Å². The molecule has 2 aliphatic rings. The lowest BCUT2D eigenvalue weighted by Gasteiger charge is -2.46. The molecule has 0 aromatic carbocycles. The number of rotatable bonds is 9. The lowest BCUT2D eigenvalue weighted by Crippen LogP contribution is -2.58. The van der Waals surface area contributed by atoms with E-state index in [0.717, 1.165) is 25.0 Å². The molecule has 1 N–H and O–H groups in total. The average Bonchev–Trinajstić information content (AvgIpc) is 2.88. The first-order valence-electron chi connectivity index (χ1n) is 15.2. The van der Waals surface area contributed by atoms with Crippen molar-refractivity contribution < 1.29 is 43.2 Å². The summed E-state index contributed by atoms with van der Waals surface area (Å²) in [5, 5.41) is 15.1. The fraction of sp³-hybridized carbons (Fsp3) is 0.935. The second-order valence-corrected chi connectivity index (χ2v) is 13.1. The van der Waals surface area contributed by atoms with Crippen LogP contribution in [0.2, 0.25) is 0 Å². The van der Waals surface area contributed by atoms with Gasteiger partial charge in [0.25, 0.3) is 0 Å². The Bertz CT molecular complexity index is 825. The van der Waals surface area contributed by atoms with E-state index in [1.807, 2.05) is 6.92 Å². The molecule has 2 fully saturated rings. The molecule has 0 aromatic heterocycles. The van der Waals surface area contributed by atoms with Crippen molar-refractivity contribution in [1.29, 1.82) is 0 Å². The second-order valence-electron chi connectivity index (χ2n) is 13.1. The summed E-state index contributed by atoms with van der Waals surface area (Å²) in [4.78, 5) is 19.2. The molecule has 2 aliphatic heterocycles. The second kappa shape index (κ2) is 16.5. The van der Waals surface area contributed by atoms with E-state index < -0.39 is 35.7 Å². The van der Waals surface area contributed by atoms with Crippen molar-refractivity contribution in [2.75, 3.05) is 40.8 Å². The van der Waals surface area contributed by atoms with Crippen LogP contribution in [-0.4, -0.2) is 87.3 Å². The Morgan fingerprint density at radius 3 is 2.22 bits per heavy atom. The number of aliphatic hydroxyl groups excluding tert-OH is 1. The molecule has 10 atom stereocenters. The van der Waals surface area contributed by atoms with Crippen molar-refractivity contribution >= 4 is 11.7 Å². The Kier molecular flexibility index (Phi) is 14.5. The number of esters is 1. The summed E-state index contributed by atoms with van der Waals surface area (Å²) in [6.45, 7) is 17.6. The van der Waals surface area contributed by atoms with Crippen LogP contribution in [0.3, 0.4) is 0 Å². The maximum Gasteiger partial charge on any atom is 0.338 e. The molecule has 41 heavy (non-hydrogen) atoms. The van der Waals surface area contributed by atoms with Crippen LogP contribution >= 0.6 is 0 Å². The van der Waals surface area contributed by atoms with Crippen LogP contribution in [0.15, 0.2) is 5.16 Å². The Morgan fingerprint density at radius 2 is 1.59 bits per heavy atom. The summed E-state index contributed by atoms with van der Waals surface area (Å²) in [7, 11) is 3.20. The molecule has 2 heterocycles. The molecule has 2 saturated heterocycles. The fourth-order valence-electron chi connectivity index (χ4n) is 6.48. The van der Waals surface area contributed by atoms with Gasteiger partial charge in [-0.15, -0.1) is 0 Å². The number of oxime groups is 1. The molecule has 0 saturated carbocycles. The van der Waals surface area contributed by atoms with Gasteiger partial charge in [-0.25, -0.2) is 4.79 Å². The monoisotopic (exact) mass is 587 g/mol. The first-order chi connectivity index (χ1) is 19.2. The third kappa shape index (κ3) is 10.7. The van der Waals surface area contributed by atoms with E-state index in [1.54, 1.807) is 28.1 Å². The normalized spacial score (nSPS) is 41.0. The van der Waals surface area contributed by atoms with E-state index in [1.165, 1.54) is 0 Å². The van der Waals surface area contributed by atoms with E-state index in [0.29, 0.717) is 32.0 Å². The molecular weight excluding hydrogens is 530 g/mol. The molecule has 0 amide bonds. The maximum absolute atomic E-state index is 13.6. The van der Waals surface area contributed by atoms with Crippen molar-refractivity contribution in [1.82, 2.24) is 0 Å². The van der Waals surface area contributed by atoms with Gasteiger partial charge in [-0.3, -0.25) is 0 Å². The molecular formula is C31H57NO9. The zero-order valence-corrected chi connectivity index (χ0v) is 27.1. The van der Waals surface area contributed by atoms with E-state index in [9.17, 15) is 9.90 Å². The molecule has 0 spiro atoms. The van der Waals surface area contributed by atoms with E-state index >= 15 is 0 Å². The van der Waals surface area contributed by atoms with Crippen LogP contribution in [-0.2, 0) is 38.1 Å². The van der Waals surface area contributed by atoms with Crippen molar-refractivity contribution in [3.05, 3.63) is 0 Å². The van der Waals surface area contributed by atoms with Crippen LogP contribution in [0.25, 0.3) is 0 Å². The van der Waals surface area contributed by atoms with Gasteiger partial charge in [-0.2, -0.15) is 0 Å². The molecule has 0 radical (unpaired) electrons. The smallest absolute Gasteiger partial charge is 0.338 e. The summed E-state index contributed by atoms with van der Waals surface area (Å²) in [6, 6.07) is 0. The summed E-state index contributed by atoms with van der Waals surface area (Å²) >= 11 is 0. The minimum absolute atomic E-state index is 0.0800. The molecule has 6 unspecified atom stereocenters. The summed E-state index contributed by atoms with van der Waals surface area (Å²) in [6.07, 6.45) is 1.41. The zero-order valence-electron chi connectivity index (χ0n) is 27.1. The van der Waals surface area contributed by atoms with Crippen molar-refractivity contribution in [3.63, 3.8) is 0 Å². The Balaban J connectivity index is 2.20. The van der Waals surface area contributed by atoms with Gasteiger partial charge < -0.3 is 38.4 Å². The minimum Gasteiger partial charge on any atom is -0.463 e. The average molecular weight is 588 g/mol. The van der Waals surface area contributed by atoms with Crippen LogP contribution in [0.4, 0.5) is 0 Å². The maximum atomic E-state index is 13.6. The molecule has 2 rings (SSSR count). The highest BCUT2D eigenvalue weighted by Crippen LogP contribution is 2.37. The number of ether oxygens (including phenoxy) is 6. The fourth-order valence-corrected chi connectivity index (χ4v) is 6.48. The van der Waals surface area contributed by atoms with E-state index in [2.05, 4.69) is 39.8 Å². The van der Waals surface area contributed by atoms with Gasteiger partial charge in [0.15, 0.2) is 11.9 Å². The highest BCUT2D eigenvalue weighted by molar-refractivity contribution is 5.88. The first kappa shape index (κ1) is 35.9. The number of carbonyl (C=O) groups excluding carboxylic acids is 1. The predicted octanol–water partition coefficient (Wildman–Crippen LogP) is 4.95. The molecule has 0 aliphatic carbocycles. The highest BCUT2D eigenvalue weighted by atomic mass is 16.7. The number of carbonyl (C=O) groups is 1. The lowest BCUT2D eigenvalue weighted by molar-refractivity contribution is -0.302. The molecule has 0 aromatic rings. The highest BCUT2D eigenvalue weighted by Gasteiger charge is 2.49. The number of methoxy groups -OCH3 is 2. The van der Waals surface area contributed by atoms with Crippen LogP contribution in [0.1, 0.15) is 87.5 Å². The van der Waals surface area contributed by atoms with Crippen LogP contribution in [0.5, 0.6) is 0 Å². The van der Waals surface area contributed by atoms with Crippen molar-refractivity contribution in [2.45, 2.75) is 117 Å². The third-order valence-electron chi connectivity index (χ3n) is 8.60. The first-order valence-corrected chi connectivity index (χ1v) is 15.2. The molecule has 10 nitrogen and oxygen atoms in total. The van der Waals surface area contributed by atoms with Gasteiger partial charge in [-0.1, -0.05) is 39.8 Å². The number of aliphatic hydroxyl groups is 1. The Hall–Kier alpha value is -1.30. The van der Waals surface area contributed by atoms with E-state index in [-0.39, 0.29) is 37.1 Å². The third-order valence-corrected chi connectivity index (χ3v) is 8.60. The summed E-state index contributed by atoms with van der Waals surface area (Å²) < 4.78 is 34.4. The molecule has 240 valence electrons. The SMILES string of the molecule is COCCOCON=C1C(C)CC(C)COC(=O)C(C)(O[C@@H]2C[C@@](C)(OC)[C@@H](O)[C@H](C)O2)CC(C)CC(C)CC1C. The van der Waals surface area contributed by atoms with Crippen molar-refractivity contribution in [3.8, 4) is 0 Å². The number of hydrogen-bond acceptors (Lipinski definition) is 10. The largest absolute Gasteiger partial charge is 0.463 e. The quantitative estimate of drug-likeness (QED) is 0.173. The van der Waals surface area contributed by atoms with Gasteiger partial charge in [0.05, 0.1) is 37.2 Å². The predicted molar refractivity (Wildman–Crippen MR) is 156 cm³/mol. The lowest BCUT2D eigenvalue weighted by atomic mass is 9.80. The standard InChI is InChI=1S/C31H57NO9/c1-20-13-21(2)16-31(8,41-26-17-30(7,36-10)28(33)25(6)40-26)29(34)38-18-22(3)15-24(5)27(23(4)14-20)32-39-19-37-12-11-35-9/h20-26,28,33H,11-19H2,1-10H3/t20?,21?,22?,23?,24?,25-,26+,28-,30+,31?/m0/s1. The summed E-state index contributed by atoms with van der Waals surface area (Å²) in [5.41, 5.74) is -1.04. The number of hydrogen-bond donors (Lipinski definition) is 1. The van der Waals surface area contributed by atoms with Gasteiger partial charge in [0.1, 0.15) is 6.10 Å². The van der Waals surface area contributed by atoms with Crippen LogP contribution < -0.4 is 0 Å². The van der Waals surface area contributed by atoms with Gasteiger partial charge in [-0.05, 0) is 76.0 Å². The molecule has 10 heteroatoms. The van der Waals surface area contributed by atoms with Gasteiger partial charge >= 0.3 is 5.97 Å².